The van der Waals surface area contributed by atoms with Gasteiger partial charge in [-0.15, -0.1) is 11.3 Å². The van der Waals surface area contributed by atoms with E-state index in [-0.39, 0.29) is 6.10 Å². The molecule has 0 bridgehead atoms. The zero-order valence-electron chi connectivity index (χ0n) is 16.2. The molecule has 0 spiro atoms. The van der Waals surface area contributed by atoms with Crippen LogP contribution in [0, 0.1) is 0 Å². The van der Waals surface area contributed by atoms with Gasteiger partial charge in [-0.1, -0.05) is 13.0 Å². The number of rotatable bonds is 8. The lowest BCUT2D eigenvalue weighted by atomic mass is 10.2. The lowest BCUT2D eigenvalue weighted by Crippen LogP contribution is -2.16. The minimum Gasteiger partial charge on any atom is -0.493 e. The van der Waals surface area contributed by atoms with Gasteiger partial charge in [-0.2, -0.15) is 0 Å². The van der Waals surface area contributed by atoms with Crippen LogP contribution in [0.5, 0.6) is 11.5 Å². The molecule has 2 aromatic heterocycles. The maximum Gasteiger partial charge on any atom is 0.161 e. The Morgan fingerprint density at radius 2 is 2.18 bits per heavy atom. The predicted octanol–water partition coefficient (Wildman–Crippen LogP) is 4.43. The van der Waals surface area contributed by atoms with Gasteiger partial charge in [0.25, 0.3) is 0 Å². The van der Waals surface area contributed by atoms with Gasteiger partial charge in [-0.05, 0) is 43.0 Å². The monoisotopic (exact) mass is 399 g/mol. The van der Waals surface area contributed by atoms with Gasteiger partial charge < -0.3 is 19.5 Å². The standard InChI is InChI=1S/C21H25N3O3S/c1-3-16-10-17-20(23-13-24-21(17)28-16)22-11-14-6-7-18(19(9-14)25-2)27-12-15-5-4-8-26-15/h6-7,9-10,13,15H,3-5,8,11-12H2,1-2H3,(H,22,23,24). The molecule has 7 heteroatoms. The second-order valence-electron chi connectivity index (χ2n) is 6.79. The molecular formula is C21H25N3O3S. The smallest absolute Gasteiger partial charge is 0.161 e. The average molecular weight is 400 g/mol. The van der Waals surface area contributed by atoms with E-state index in [9.17, 15) is 0 Å². The van der Waals surface area contributed by atoms with E-state index in [0.717, 1.165) is 59.0 Å². The predicted molar refractivity (Wildman–Crippen MR) is 112 cm³/mol. The zero-order chi connectivity index (χ0) is 19.3. The fourth-order valence-corrected chi connectivity index (χ4v) is 4.24. The van der Waals surface area contributed by atoms with E-state index in [1.165, 1.54) is 4.88 Å². The zero-order valence-corrected chi connectivity index (χ0v) is 17.1. The Bertz CT molecular complexity index is 938. The van der Waals surface area contributed by atoms with Gasteiger partial charge in [0.05, 0.1) is 18.6 Å². The maximum absolute atomic E-state index is 5.91. The highest BCUT2D eigenvalue weighted by Crippen LogP contribution is 2.31. The normalized spacial score (nSPS) is 16.4. The Kier molecular flexibility index (Phi) is 5.92. The SMILES string of the molecule is CCc1cc2c(NCc3ccc(OCC4CCCO4)c(OC)c3)ncnc2s1. The van der Waals surface area contributed by atoms with Crippen LogP contribution in [0.1, 0.15) is 30.2 Å². The topological polar surface area (TPSA) is 65.5 Å². The highest BCUT2D eigenvalue weighted by Gasteiger charge is 2.17. The van der Waals surface area contributed by atoms with Gasteiger partial charge in [0.2, 0.25) is 0 Å². The van der Waals surface area contributed by atoms with Crippen molar-refractivity contribution in [2.75, 3.05) is 25.6 Å². The third-order valence-electron chi connectivity index (χ3n) is 4.87. The molecule has 1 saturated heterocycles. The van der Waals surface area contributed by atoms with Crippen LogP contribution in [0.3, 0.4) is 0 Å². The van der Waals surface area contributed by atoms with Crippen LogP contribution in [0.15, 0.2) is 30.6 Å². The Labute approximate surface area is 168 Å². The van der Waals surface area contributed by atoms with Crippen LogP contribution in [-0.2, 0) is 17.7 Å². The van der Waals surface area contributed by atoms with Crippen molar-refractivity contribution in [2.45, 2.75) is 38.8 Å². The summed E-state index contributed by atoms with van der Waals surface area (Å²) in [5, 5.41) is 4.50. The molecule has 0 amide bonds. The minimum atomic E-state index is 0.185. The van der Waals surface area contributed by atoms with Gasteiger partial charge in [0.1, 0.15) is 23.6 Å². The largest absolute Gasteiger partial charge is 0.493 e. The van der Waals surface area contributed by atoms with Crippen LogP contribution in [0.2, 0.25) is 0 Å². The highest BCUT2D eigenvalue weighted by atomic mass is 32.1. The summed E-state index contributed by atoms with van der Waals surface area (Å²) in [4.78, 5) is 11.1. The first-order valence-corrected chi connectivity index (χ1v) is 10.5. The molecule has 1 N–H and O–H groups in total. The maximum atomic E-state index is 5.91. The number of aryl methyl sites for hydroxylation is 1. The number of thiophene rings is 1. The third kappa shape index (κ3) is 4.20. The number of hydrogen-bond donors (Lipinski definition) is 1. The molecule has 148 valence electrons. The van der Waals surface area contributed by atoms with Crippen LogP contribution < -0.4 is 14.8 Å². The molecule has 1 atom stereocenters. The van der Waals surface area contributed by atoms with Gasteiger partial charge in [0, 0.05) is 18.0 Å². The second-order valence-corrected chi connectivity index (χ2v) is 7.91. The molecule has 0 radical (unpaired) electrons. The first-order chi connectivity index (χ1) is 13.8. The van der Waals surface area contributed by atoms with E-state index in [1.807, 2.05) is 18.2 Å². The summed E-state index contributed by atoms with van der Waals surface area (Å²) in [5.74, 6) is 2.34. The minimum absolute atomic E-state index is 0.185. The van der Waals surface area contributed by atoms with Crippen LogP contribution in [0.25, 0.3) is 10.2 Å². The first-order valence-electron chi connectivity index (χ1n) is 9.65. The summed E-state index contributed by atoms with van der Waals surface area (Å²) in [5.41, 5.74) is 1.10. The fourth-order valence-electron chi connectivity index (χ4n) is 3.31. The molecule has 3 aromatic rings. The molecule has 1 aliphatic rings. The lowest BCUT2D eigenvalue weighted by Gasteiger charge is -2.15. The Hall–Kier alpha value is -2.38. The number of nitrogens with one attached hydrogen (secondary N) is 1. The van der Waals surface area contributed by atoms with E-state index in [4.69, 9.17) is 14.2 Å². The Morgan fingerprint density at radius 1 is 1.25 bits per heavy atom. The van der Waals surface area contributed by atoms with E-state index >= 15 is 0 Å². The quantitative estimate of drug-likeness (QED) is 0.604. The highest BCUT2D eigenvalue weighted by molar-refractivity contribution is 7.18. The van der Waals surface area contributed by atoms with E-state index in [2.05, 4.69) is 28.3 Å². The van der Waals surface area contributed by atoms with Gasteiger partial charge in [0.15, 0.2) is 11.5 Å². The molecule has 1 fully saturated rings. The summed E-state index contributed by atoms with van der Waals surface area (Å²) in [7, 11) is 1.66. The van der Waals surface area contributed by atoms with Crippen LogP contribution >= 0.6 is 11.3 Å². The van der Waals surface area contributed by atoms with E-state index in [0.29, 0.717) is 13.2 Å². The molecule has 1 unspecified atom stereocenters. The summed E-state index contributed by atoms with van der Waals surface area (Å²) >= 11 is 1.72. The Balaban J connectivity index is 1.44. The van der Waals surface area contributed by atoms with Crippen molar-refractivity contribution in [1.82, 2.24) is 9.97 Å². The average Bonchev–Trinajstić information content (AvgIpc) is 3.40. The summed E-state index contributed by atoms with van der Waals surface area (Å²) in [6.45, 7) is 4.19. The first kappa shape index (κ1) is 19.0. The van der Waals surface area contributed by atoms with Crippen molar-refractivity contribution >= 4 is 27.4 Å². The van der Waals surface area contributed by atoms with Gasteiger partial charge in [-0.3, -0.25) is 0 Å². The Morgan fingerprint density at radius 3 is 2.96 bits per heavy atom. The van der Waals surface area contributed by atoms with Crippen molar-refractivity contribution in [3.05, 3.63) is 41.0 Å². The molecular weight excluding hydrogens is 374 g/mol. The van der Waals surface area contributed by atoms with Gasteiger partial charge in [-0.25, -0.2) is 9.97 Å². The third-order valence-corrected chi connectivity index (χ3v) is 6.05. The molecule has 0 saturated carbocycles. The number of fused-ring (bicyclic) bond motifs is 1. The number of aromatic nitrogens is 2. The van der Waals surface area contributed by atoms with E-state index < -0.39 is 0 Å². The van der Waals surface area contributed by atoms with Crippen molar-refractivity contribution < 1.29 is 14.2 Å². The van der Waals surface area contributed by atoms with Crippen molar-refractivity contribution in [3.8, 4) is 11.5 Å². The molecule has 1 aromatic carbocycles. The lowest BCUT2D eigenvalue weighted by molar-refractivity contribution is 0.0669. The number of ether oxygens (including phenoxy) is 3. The van der Waals surface area contributed by atoms with Crippen molar-refractivity contribution in [3.63, 3.8) is 0 Å². The number of methoxy groups -OCH3 is 1. The van der Waals surface area contributed by atoms with Gasteiger partial charge >= 0.3 is 0 Å². The second kappa shape index (κ2) is 8.75. The number of anilines is 1. The number of benzene rings is 1. The van der Waals surface area contributed by atoms with Crippen molar-refractivity contribution in [1.29, 1.82) is 0 Å². The molecule has 4 rings (SSSR count). The summed E-state index contributed by atoms with van der Waals surface area (Å²) < 4.78 is 17.1. The van der Waals surface area contributed by atoms with Crippen LogP contribution in [0.4, 0.5) is 5.82 Å². The molecule has 0 aliphatic carbocycles. The summed E-state index contributed by atoms with van der Waals surface area (Å²) in [6, 6.07) is 8.18. The number of hydrogen-bond acceptors (Lipinski definition) is 7. The van der Waals surface area contributed by atoms with Crippen molar-refractivity contribution in [2.24, 2.45) is 0 Å². The van der Waals surface area contributed by atoms with E-state index in [1.54, 1.807) is 24.8 Å². The molecule has 3 heterocycles. The summed E-state index contributed by atoms with van der Waals surface area (Å²) in [6.07, 6.45) is 4.97. The molecule has 1 aliphatic heterocycles. The molecule has 28 heavy (non-hydrogen) atoms. The van der Waals surface area contributed by atoms with Crippen LogP contribution in [-0.4, -0.2) is 36.4 Å². The fraction of sp³-hybridized carbons (Fsp3) is 0.429. The number of nitrogens with zero attached hydrogens (tertiary/aromatic N) is 2. The molecule has 6 nitrogen and oxygen atoms in total.